The van der Waals surface area contributed by atoms with Crippen molar-refractivity contribution >= 4 is 21.6 Å². The van der Waals surface area contributed by atoms with E-state index in [2.05, 4.69) is 21.0 Å². The number of nitrogens with zero attached hydrogens (tertiary/aromatic N) is 4. The van der Waals surface area contributed by atoms with Crippen LogP contribution < -0.4 is 0 Å². The van der Waals surface area contributed by atoms with Gasteiger partial charge in [-0.1, -0.05) is 12.1 Å². The summed E-state index contributed by atoms with van der Waals surface area (Å²) in [7, 11) is 0. The number of hydrogen-bond acceptors (Lipinski definition) is 5. The number of hydrogen-bond donors (Lipinski definition) is 0. The molecule has 0 saturated heterocycles. The highest BCUT2D eigenvalue weighted by Crippen LogP contribution is 2.30. The summed E-state index contributed by atoms with van der Waals surface area (Å²) in [6, 6.07) is 10.1. The smallest absolute Gasteiger partial charge is 0.141 e. The molecule has 1 atom stereocenters. The van der Waals surface area contributed by atoms with Crippen molar-refractivity contribution in [3.05, 3.63) is 53.6 Å². The van der Waals surface area contributed by atoms with Crippen molar-refractivity contribution in [1.29, 1.82) is 5.26 Å². The maximum atomic E-state index is 9.31. The van der Waals surface area contributed by atoms with E-state index < -0.39 is 5.92 Å². The van der Waals surface area contributed by atoms with Crippen molar-refractivity contribution in [3.8, 4) is 6.07 Å². The third-order valence-electron chi connectivity index (χ3n) is 2.57. The van der Waals surface area contributed by atoms with Crippen LogP contribution in [0.5, 0.6) is 0 Å². The van der Waals surface area contributed by atoms with Gasteiger partial charge in [-0.25, -0.2) is 4.98 Å². The standard InChI is InChI=1S/C13H8N4S/c14-7-9(11-8-15-5-6-16-11)13-17-10-3-1-2-4-12(10)18-13/h1-6,8-9H. The highest BCUT2D eigenvalue weighted by molar-refractivity contribution is 7.18. The zero-order chi connectivity index (χ0) is 12.4. The number of rotatable bonds is 2. The van der Waals surface area contributed by atoms with E-state index in [1.807, 2.05) is 24.3 Å². The van der Waals surface area contributed by atoms with Crippen molar-refractivity contribution < 1.29 is 0 Å². The van der Waals surface area contributed by atoms with Crippen LogP contribution in [0, 0.1) is 11.3 Å². The van der Waals surface area contributed by atoms with Crippen molar-refractivity contribution in [1.82, 2.24) is 15.0 Å². The minimum absolute atomic E-state index is 0.448. The predicted molar refractivity (Wildman–Crippen MR) is 69.1 cm³/mol. The Hall–Kier alpha value is -2.32. The Morgan fingerprint density at radius 1 is 1.22 bits per heavy atom. The van der Waals surface area contributed by atoms with Gasteiger partial charge in [0.1, 0.15) is 10.9 Å². The molecule has 4 nitrogen and oxygen atoms in total. The number of nitriles is 1. The van der Waals surface area contributed by atoms with Gasteiger partial charge in [0.2, 0.25) is 0 Å². The Bertz CT molecular complexity index is 681. The van der Waals surface area contributed by atoms with Gasteiger partial charge in [0.15, 0.2) is 0 Å². The first kappa shape index (κ1) is 10.8. The monoisotopic (exact) mass is 252 g/mol. The average Bonchev–Trinajstić information content (AvgIpc) is 2.84. The van der Waals surface area contributed by atoms with Gasteiger partial charge in [-0.05, 0) is 12.1 Å². The molecule has 0 saturated carbocycles. The molecule has 3 rings (SSSR count). The van der Waals surface area contributed by atoms with Crippen molar-refractivity contribution in [2.45, 2.75) is 5.92 Å². The molecule has 3 aromatic rings. The Labute approximate surface area is 108 Å². The molecule has 86 valence electrons. The zero-order valence-corrected chi connectivity index (χ0v) is 10.1. The maximum Gasteiger partial charge on any atom is 0.141 e. The van der Waals surface area contributed by atoms with Crippen LogP contribution in [-0.2, 0) is 0 Å². The average molecular weight is 252 g/mol. The van der Waals surface area contributed by atoms with E-state index in [1.165, 1.54) is 11.3 Å². The van der Waals surface area contributed by atoms with E-state index in [-0.39, 0.29) is 0 Å². The molecule has 2 heterocycles. The molecule has 0 bridgehead atoms. The zero-order valence-electron chi connectivity index (χ0n) is 9.32. The van der Waals surface area contributed by atoms with Crippen LogP contribution in [0.3, 0.4) is 0 Å². The first-order valence-corrected chi connectivity index (χ1v) is 6.21. The molecular weight excluding hydrogens is 244 g/mol. The van der Waals surface area contributed by atoms with Crippen molar-refractivity contribution in [2.24, 2.45) is 0 Å². The van der Waals surface area contributed by atoms with Gasteiger partial charge in [-0.2, -0.15) is 5.26 Å². The summed E-state index contributed by atoms with van der Waals surface area (Å²) in [6.45, 7) is 0. The molecule has 1 unspecified atom stereocenters. The SMILES string of the molecule is N#CC(c1cnccn1)c1nc2ccccc2s1. The van der Waals surface area contributed by atoms with Crippen LogP contribution in [0.4, 0.5) is 0 Å². The highest BCUT2D eigenvalue weighted by Gasteiger charge is 2.19. The first-order valence-electron chi connectivity index (χ1n) is 5.39. The Morgan fingerprint density at radius 3 is 2.83 bits per heavy atom. The van der Waals surface area contributed by atoms with Crippen LogP contribution >= 0.6 is 11.3 Å². The molecule has 0 aliphatic heterocycles. The summed E-state index contributed by atoms with van der Waals surface area (Å²) in [5, 5.41) is 10.1. The number of thiazole rings is 1. The Balaban J connectivity index is 2.10. The molecule has 2 aromatic heterocycles. The van der Waals surface area contributed by atoms with Gasteiger partial charge in [0, 0.05) is 12.4 Å². The lowest BCUT2D eigenvalue weighted by Crippen LogP contribution is -2.00. The van der Waals surface area contributed by atoms with E-state index >= 15 is 0 Å². The Morgan fingerprint density at radius 2 is 2.11 bits per heavy atom. The fourth-order valence-electron chi connectivity index (χ4n) is 1.72. The molecule has 0 aliphatic rings. The minimum Gasteiger partial charge on any atom is -0.261 e. The first-order chi connectivity index (χ1) is 8.88. The maximum absolute atomic E-state index is 9.31. The van der Waals surface area contributed by atoms with Gasteiger partial charge in [0.05, 0.1) is 28.2 Å². The van der Waals surface area contributed by atoms with E-state index in [9.17, 15) is 5.26 Å². The molecule has 0 amide bonds. The van der Waals surface area contributed by atoms with Gasteiger partial charge < -0.3 is 0 Å². The van der Waals surface area contributed by atoms with Crippen LogP contribution in [0.25, 0.3) is 10.2 Å². The van der Waals surface area contributed by atoms with Crippen molar-refractivity contribution in [2.75, 3.05) is 0 Å². The second-order valence-corrected chi connectivity index (χ2v) is 4.77. The predicted octanol–water partition coefficient (Wildman–Crippen LogP) is 2.74. The fraction of sp³-hybridized carbons (Fsp3) is 0.0769. The summed E-state index contributed by atoms with van der Waals surface area (Å²) in [5.41, 5.74) is 1.56. The second-order valence-electron chi connectivity index (χ2n) is 3.71. The quantitative estimate of drug-likeness (QED) is 0.703. The molecule has 18 heavy (non-hydrogen) atoms. The van der Waals surface area contributed by atoms with Crippen LogP contribution in [0.15, 0.2) is 42.9 Å². The summed E-state index contributed by atoms with van der Waals surface area (Å²) >= 11 is 1.52. The number of para-hydroxylation sites is 1. The lowest BCUT2D eigenvalue weighted by Gasteiger charge is -2.02. The molecule has 0 fully saturated rings. The summed E-state index contributed by atoms with van der Waals surface area (Å²) in [6.07, 6.45) is 4.79. The molecule has 0 N–H and O–H groups in total. The van der Waals surface area contributed by atoms with E-state index in [0.29, 0.717) is 5.69 Å². The Kier molecular flexibility index (Phi) is 2.71. The summed E-state index contributed by atoms with van der Waals surface area (Å²) in [5.74, 6) is -0.448. The molecule has 5 heteroatoms. The second kappa shape index (κ2) is 4.51. The third kappa shape index (κ3) is 1.83. The van der Waals surface area contributed by atoms with E-state index in [4.69, 9.17) is 0 Å². The van der Waals surface area contributed by atoms with Crippen molar-refractivity contribution in [3.63, 3.8) is 0 Å². The lowest BCUT2D eigenvalue weighted by atomic mass is 10.1. The lowest BCUT2D eigenvalue weighted by molar-refractivity contribution is 0.933. The van der Waals surface area contributed by atoms with Crippen LogP contribution in [-0.4, -0.2) is 15.0 Å². The fourth-order valence-corrected chi connectivity index (χ4v) is 2.75. The molecule has 0 spiro atoms. The molecule has 0 aliphatic carbocycles. The third-order valence-corrected chi connectivity index (χ3v) is 3.67. The minimum atomic E-state index is -0.448. The molecular formula is C13H8N4S. The van der Waals surface area contributed by atoms with Crippen LogP contribution in [0.1, 0.15) is 16.6 Å². The topological polar surface area (TPSA) is 62.5 Å². The normalized spacial score (nSPS) is 12.2. The van der Waals surface area contributed by atoms with Gasteiger partial charge in [-0.15, -0.1) is 11.3 Å². The number of aromatic nitrogens is 3. The number of benzene rings is 1. The highest BCUT2D eigenvalue weighted by atomic mass is 32.1. The van der Waals surface area contributed by atoms with Crippen LogP contribution in [0.2, 0.25) is 0 Å². The van der Waals surface area contributed by atoms with Gasteiger partial charge >= 0.3 is 0 Å². The van der Waals surface area contributed by atoms with E-state index in [0.717, 1.165) is 15.2 Å². The molecule has 1 aromatic carbocycles. The van der Waals surface area contributed by atoms with E-state index in [1.54, 1.807) is 18.6 Å². The summed E-state index contributed by atoms with van der Waals surface area (Å²) < 4.78 is 1.08. The molecule has 0 radical (unpaired) electrons. The van der Waals surface area contributed by atoms with Gasteiger partial charge in [0.25, 0.3) is 0 Å². The largest absolute Gasteiger partial charge is 0.261 e. The van der Waals surface area contributed by atoms with Gasteiger partial charge in [-0.3, -0.25) is 9.97 Å². The number of fused-ring (bicyclic) bond motifs is 1. The summed E-state index contributed by atoms with van der Waals surface area (Å²) in [4.78, 5) is 12.7.